The van der Waals surface area contributed by atoms with Crippen molar-refractivity contribution in [2.24, 2.45) is 4.99 Å². The van der Waals surface area contributed by atoms with Crippen molar-refractivity contribution in [3.8, 4) is 0 Å². The average Bonchev–Trinajstić information content (AvgIpc) is 3.15. The molecule has 0 saturated heterocycles. The molecule has 0 spiro atoms. The Kier molecular flexibility index (Phi) is 4.08. The number of para-hydroxylation sites is 2. The minimum absolute atomic E-state index is 0.0540. The van der Waals surface area contributed by atoms with Gasteiger partial charge in [0.1, 0.15) is 0 Å². The predicted molar refractivity (Wildman–Crippen MR) is 106 cm³/mol. The third kappa shape index (κ3) is 2.95. The molecule has 5 heteroatoms. The van der Waals surface area contributed by atoms with Gasteiger partial charge in [0.25, 0.3) is 0 Å². The summed E-state index contributed by atoms with van der Waals surface area (Å²) in [5, 5.41) is 5.30. The summed E-state index contributed by atoms with van der Waals surface area (Å²) in [5.41, 5.74) is 4.39. The van der Waals surface area contributed by atoms with Crippen molar-refractivity contribution in [2.75, 3.05) is 5.32 Å². The van der Waals surface area contributed by atoms with Gasteiger partial charge >= 0.3 is 0 Å². The number of benzene rings is 2. The minimum atomic E-state index is -0.0540. The predicted octanol–water partition coefficient (Wildman–Crippen LogP) is 5.68. The van der Waals surface area contributed by atoms with Crippen molar-refractivity contribution in [3.63, 3.8) is 0 Å². The Morgan fingerprint density at radius 3 is 2.83 bits per heavy atom. The van der Waals surface area contributed by atoms with Gasteiger partial charge in [-0.3, -0.25) is 4.99 Å². The van der Waals surface area contributed by atoms with Gasteiger partial charge < -0.3 is 10.3 Å². The van der Waals surface area contributed by atoms with Gasteiger partial charge in [0.05, 0.1) is 10.7 Å². The number of halogens is 1. The van der Waals surface area contributed by atoms with E-state index in [0.717, 1.165) is 16.1 Å². The maximum absolute atomic E-state index is 6.20. The lowest BCUT2D eigenvalue weighted by Crippen LogP contribution is -2.09. The van der Waals surface area contributed by atoms with Crippen LogP contribution in [0.1, 0.15) is 11.3 Å². The van der Waals surface area contributed by atoms with Gasteiger partial charge in [0.15, 0.2) is 5.50 Å². The lowest BCUT2D eigenvalue weighted by Gasteiger charge is -2.12. The average molecular weight is 354 g/mol. The van der Waals surface area contributed by atoms with Gasteiger partial charge in [-0.2, -0.15) is 0 Å². The molecular formula is C19H16ClN3S. The number of allylic oxidation sites excluding steroid dienone is 1. The van der Waals surface area contributed by atoms with E-state index in [1.54, 1.807) is 11.8 Å². The molecule has 0 fully saturated rings. The highest BCUT2D eigenvalue weighted by atomic mass is 35.5. The maximum atomic E-state index is 6.20. The summed E-state index contributed by atoms with van der Waals surface area (Å²) in [4.78, 5) is 9.09. The van der Waals surface area contributed by atoms with Crippen LogP contribution in [0, 0.1) is 6.92 Å². The SMILES string of the molecule is Cc1[nH]c2ccccc2c1/C=C1/C=NC(Nc2ccccc2Cl)S1. The van der Waals surface area contributed by atoms with Crippen LogP contribution in [0.3, 0.4) is 0 Å². The molecule has 2 aromatic carbocycles. The van der Waals surface area contributed by atoms with E-state index < -0.39 is 0 Å². The van der Waals surface area contributed by atoms with Gasteiger partial charge in [-0.15, -0.1) is 0 Å². The normalized spacial score (nSPS) is 18.6. The van der Waals surface area contributed by atoms with Gasteiger partial charge in [0.2, 0.25) is 0 Å². The summed E-state index contributed by atoms with van der Waals surface area (Å²) in [5.74, 6) is 0. The number of aryl methyl sites for hydroxylation is 1. The number of nitrogens with one attached hydrogen (secondary N) is 2. The van der Waals surface area contributed by atoms with Crippen molar-refractivity contribution in [2.45, 2.75) is 12.4 Å². The van der Waals surface area contributed by atoms with Crippen LogP contribution < -0.4 is 5.32 Å². The van der Waals surface area contributed by atoms with Crippen LogP contribution in [-0.2, 0) is 0 Å². The molecule has 1 aliphatic heterocycles. The van der Waals surface area contributed by atoms with E-state index in [0.29, 0.717) is 5.02 Å². The summed E-state index contributed by atoms with van der Waals surface area (Å²) in [6.07, 6.45) is 4.11. The van der Waals surface area contributed by atoms with Gasteiger partial charge in [-0.25, -0.2) is 0 Å². The van der Waals surface area contributed by atoms with Gasteiger partial charge in [-0.05, 0) is 31.2 Å². The number of nitrogens with zero attached hydrogens (tertiary/aromatic N) is 1. The summed E-state index contributed by atoms with van der Waals surface area (Å²) < 4.78 is 0. The van der Waals surface area contributed by atoms with Crippen LogP contribution in [0.5, 0.6) is 0 Å². The van der Waals surface area contributed by atoms with Crippen LogP contribution in [0.2, 0.25) is 5.02 Å². The fourth-order valence-electron chi connectivity index (χ4n) is 2.81. The molecule has 0 amide bonds. The fourth-order valence-corrected chi connectivity index (χ4v) is 3.87. The molecule has 0 bridgehead atoms. The second kappa shape index (κ2) is 6.38. The third-order valence-corrected chi connectivity index (χ3v) is 5.26. The van der Waals surface area contributed by atoms with E-state index in [1.807, 2.05) is 36.5 Å². The Labute approximate surface area is 149 Å². The molecule has 24 heavy (non-hydrogen) atoms. The van der Waals surface area contributed by atoms with Crippen molar-refractivity contribution in [3.05, 3.63) is 69.7 Å². The van der Waals surface area contributed by atoms with Crippen molar-refractivity contribution < 1.29 is 0 Å². The van der Waals surface area contributed by atoms with Crippen molar-refractivity contribution in [1.29, 1.82) is 0 Å². The molecule has 1 unspecified atom stereocenters. The zero-order valence-electron chi connectivity index (χ0n) is 13.1. The topological polar surface area (TPSA) is 40.2 Å². The first-order valence-corrected chi connectivity index (χ1v) is 8.96. The minimum Gasteiger partial charge on any atom is -0.358 e. The van der Waals surface area contributed by atoms with Crippen molar-refractivity contribution >= 4 is 52.2 Å². The van der Waals surface area contributed by atoms with Crippen LogP contribution in [0.25, 0.3) is 17.0 Å². The molecule has 1 atom stereocenters. The molecular weight excluding hydrogens is 338 g/mol. The maximum Gasteiger partial charge on any atom is 0.171 e. The third-order valence-electron chi connectivity index (χ3n) is 3.97. The fraction of sp³-hybridized carbons (Fsp3) is 0.105. The molecule has 4 rings (SSSR count). The molecule has 1 aromatic heterocycles. The number of anilines is 1. The molecule has 3 nitrogen and oxygen atoms in total. The second-order valence-corrected chi connectivity index (χ2v) is 7.19. The Hall–Kier alpha value is -2.17. The molecule has 2 N–H and O–H groups in total. The zero-order valence-corrected chi connectivity index (χ0v) is 14.7. The molecule has 0 saturated carbocycles. The number of hydrogen-bond donors (Lipinski definition) is 2. The van der Waals surface area contributed by atoms with Gasteiger partial charge in [0, 0.05) is 33.3 Å². The Bertz CT molecular complexity index is 958. The van der Waals surface area contributed by atoms with Gasteiger partial charge in [-0.1, -0.05) is 53.7 Å². The van der Waals surface area contributed by atoms with Crippen LogP contribution >= 0.6 is 23.4 Å². The van der Waals surface area contributed by atoms with E-state index in [9.17, 15) is 0 Å². The zero-order chi connectivity index (χ0) is 16.5. The summed E-state index contributed by atoms with van der Waals surface area (Å²) >= 11 is 7.88. The van der Waals surface area contributed by atoms with E-state index >= 15 is 0 Å². The van der Waals surface area contributed by atoms with Crippen molar-refractivity contribution in [1.82, 2.24) is 4.98 Å². The molecule has 3 aromatic rings. The smallest absolute Gasteiger partial charge is 0.171 e. The number of aromatic nitrogens is 1. The summed E-state index contributed by atoms with van der Waals surface area (Å²) in [6, 6.07) is 16.1. The Morgan fingerprint density at radius 2 is 1.96 bits per heavy atom. The lowest BCUT2D eigenvalue weighted by atomic mass is 10.1. The van der Waals surface area contributed by atoms with E-state index in [2.05, 4.69) is 46.5 Å². The largest absolute Gasteiger partial charge is 0.358 e. The Balaban J connectivity index is 1.56. The van der Waals surface area contributed by atoms with Crippen LogP contribution in [0.15, 0.2) is 58.4 Å². The second-order valence-electron chi connectivity index (χ2n) is 5.63. The van der Waals surface area contributed by atoms with Crippen LogP contribution in [-0.4, -0.2) is 16.7 Å². The first kappa shape index (κ1) is 15.4. The number of hydrogen-bond acceptors (Lipinski definition) is 3. The molecule has 2 heterocycles. The number of fused-ring (bicyclic) bond motifs is 1. The standard InChI is InChI=1S/C19H16ClN3S/c1-12-15(14-6-2-4-8-17(14)22-12)10-13-11-21-19(24-13)23-18-9-5-3-7-16(18)20/h2-11,19,22-23H,1H3/b13-10-. The number of thioether (sulfide) groups is 1. The number of aliphatic imine (C=N–C) groups is 1. The lowest BCUT2D eigenvalue weighted by molar-refractivity contribution is 1.08. The number of rotatable bonds is 3. The van der Waals surface area contributed by atoms with E-state index in [1.165, 1.54) is 16.6 Å². The highest BCUT2D eigenvalue weighted by Crippen LogP contribution is 2.34. The molecule has 1 aliphatic rings. The first-order chi connectivity index (χ1) is 11.7. The number of H-pyrrole nitrogens is 1. The molecule has 120 valence electrons. The monoisotopic (exact) mass is 353 g/mol. The molecule has 0 radical (unpaired) electrons. The first-order valence-electron chi connectivity index (χ1n) is 7.70. The van der Waals surface area contributed by atoms with Crippen LogP contribution in [0.4, 0.5) is 5.69 Å². The quantitative estimate of drug-likeness (QED) is 0.635. The highest BCUT2D eigenvalue weighted by molar-refractivity contribution is 8.05. The summed E-state index contributed by atoms with van der Waals surface area (Å²) in [7, 11) is 0. The highest BCUT2D eigenvalue weighted by Gasteiger charge is 2.17. The Morgan fingerprint density at radius 1 is 1.17 bits per heavy atom. The van der Waals surface area contributed by atoms with E-state index in [4.69, 9.17) is 11.6 Å². The molecule has 0 aliphatic carbocycles. The number of aromatic amines is 1. The summed E-state index contributed by atoms with van der Waals surface area (Å²) in [6.45, 7) is 2.10. The van der Waals surface area contributed by atoms with E-state index in [-0.39, 0.29) is 5.50 Å².